The molecule has 84 valence electrons. The van der Waals surface area contributed by atoms with Crippen molar-refractivity contribution < 1.29 is 0 Å². The van der Waals surface area contributed by atoms with Crippen LogP contribution in [-0.2, 0) is 6.54 Å². The molecule has 0 spiro atoms. The average Bonchev–Trinajstić information content (AvgIpc) is 2.61. The Morgan fingerprint density at radius 3 is 2.50 bits per heavy atom. The Labute approximate surface area is 100 Å². The highest BCUT2D eigenvalue weighted by Crippen LogP contribution is 2.29. The van der Waals surface area contributed by atoms with Gasteiger partial charge in [0.1, 0.15) is 5.01 Å². The number of aryl methyl sites for hydroxylation is 2. The molecule has 0 saturated carbocycles. The molecular weight excluding hydrogens is 216 g/mol. The molecule has 0 fully saturated rings. The minimum Gasteiger partial charge on any atom is -0.314 e. The number of rotatable bonds is 3. The zero-order valence-electron chi connectivity index (χ0n) is 9.87. The summed E-state index contributed by atoms with van der Waals surface area (Å²) in [5.74, 6) is 0. The second kappa shape index (κ2) is 4.76. The van der Waals surface area contributed by atoms with E-state index in [0.717, 1.165) is 17.2 Å². The molecule has 1 aromatic carbocycles. The molecule has 0 amide bonds. The SMILES string of the molecule is CNCc1nc(C)c(-c2ccc(C)cc2)s1. The Bertz CT molecular complexity index is 471. The van der Waals surface area contributed by atoms with Crippen molar-refractivity contribution in [3.63, 3.8) is 0 Å². The van der Waals surface area contributed by atoms with Crippen molar-refractivity contribution >= 4 is 11.3 Å². The minimum atomic E-state index is 0.845. The van der Waals surface area contributed by atoms with Crippen LogP contribution < -0.4 is 5.32 Å². The third-order valence-corrected chi connectivity index (χ3v) is 3.69. The number of aromatic nitrogens is 1. The van der Waals surface area contributed by atoms with Gasteiger partial charge < -0.3 is 5.32 Å². The first kappa shape index (κ1) is 11.3. The molecule has 0 atom stereocenters. The van der Waals surface area contributed by atoms with Gasteiger partial charge in [-0.05, 0) is 26.5 Å². The summed E-state index contributed by atoms with van der Waals surface area (Å²) >= 11 is 1.77. The van der Waals surface area contributed by atoms with Gasteiger partial charge in [0.2, 0.25) is 0 Å². The van der Waals surface area contributed by atoms with Gasteiger partial charge in [-0.2, -0.15) is 0 Å². The Hall–Kier alpha value is -1.19. The Kier molecular flexibility index (Phi) is 3.36. The highest BCUT2D eigenvalue weighted by Gasteiger charge is 2.08. The molecule has 1 N–H and O–H groups in total. The lowest BCUT2D eigenvalue weighted by Gasteiger charge is -1.98. The average molecular weight is 232 g/mol. The number of benzene rings is 1. The van der Waals surface area contributed by atoms with Gasteiger partial charge in [0.05, 0.1) is 10.6 Å². The highest BCUT2D eigenvalue weighted by atomic mass is 32.1. The van der Waals surface area contributed by atoms with Gasteiger partial charge in [-0.15, -0.1) is 11.3 Å². The van der Waals surface area contributed by atoms with Crippen LogP contribution in [0.3, 0.4) is 0 Å². The van der Waals surface area contributed by atoms with Gasteiger partial charge in [-0.1, -0.05) is 29.8 Å². The molecule has 0 radical (unpaired) electrons. The smallest absolute Gasteiger partial charge is 0.107 e. The van der Waals surface area contributed by atoms with E-state index in [4.69, 9.17) is 0 Å². The van der Waals surface area contributed by atoms with E-state index in [1.165, 1.54) is 16.0 Å². The number of hydrogen-bond donors (Lipinski definition) is 1. The first-order valence-electron chi connectivity index (χ1n) is 5.38. The van der Waals surface area contributed by atoms with Gasteiger partial charge in [0, 0.05) is 6.54 Å². The van der Waals surface area contributed by atoms with E-state index in [0.29, 0.717) is 0 Å². The molecule has 0 saturated heterocycles. The molecule has 3 heteroatoms. The number of nitrogens with one attached hydrogen (secondary N) is 1. The van der Waals surface area contributed by atoms with Gasteiger partial charge in [-0.3, -0.25) is 0 Å². The Morgan fingerprint density at radius 2 is 1.88 bits per heavy atom. The first-order valence-corrected chi connectivity index (χ1v) is 6.20. The lowest BCUT2D eigenvalue weighted by atomic mass is 10.1. The van der Waals surface area contributed by atoms with E-state index in [1.54, 1.807) is 11.3 Å². The quantitative estimate of drug-likeness (QED) is 0.879. The van der Waals surface area contributed by atoms with Crippen molar-refractivity contribution in [1.82, 2.24) is 10.3 Å². The van der Waals surface area contributed by atoms with Gasteiger partial charge in [0.15, 0.2) is 0 Å². The minimum absolute atomic E-state index is 0.845. The van der Waals surface area contributed by atoms with Crippen molar-refractivity contribution in [2.75, 3.05) is 7.05 Å². The summed E-state index contributed by atoms with van der Waals surface area (Å²) in [5.41, 5.74) is 3.68. The standard InChI is InChI=1S/C13H16N2S/c1-9-4-6-11(7-5-9)13-10(2)15-12(16-13)8-14-3/h4-7,14H,8H2,1-3H3. The van der Waals surface area contributed by atoms with Crippen LogP contribution >= 0.6 is 11.3 Å². The van der Waals surface area contributed by atoms with Crippen LogP contribution in [0.1, 0.15) is 16.3 Å². The predicted octanol–water partition coefficient (Wildman–Crippen LogP) is 3.15. The molecule has 0 aliphatic heterocycles. The molecule has 2 aromatic rings. The van der Waals surface area contributed by atoms with Gasteiger partial charge in [0.25, 0.3) is 0 Å². The summed E-state index contributed by atoms with van der Waals surface area (Å²) in [6, 6.07) is 8.62. The largest absolute Gasteiger partial charge is 0.314 e. The number of hydrogen-bond acceptors (Lipinski definition) is 3. The molecule has 2 nitrogen and oxygen atoms in total. The zero-order valence-corrected chi connectivity index (χ0v) is 10.7. The predicted molar refractivity (Wildman–Crippen MR) is 69.8 cm³/mol. The summed E-state index contributed by atoms with van der Waals surface area (Å²) in [6.07, 6.45) is 0. The van der Waals surface area contributed by atoms with Crippen molar-refractivity contribution in [3.05, 3.63) is 40.5 Å². The summed E-state index contributed by atoms with van der Waals surface area (Å²) < 4.78 is 0. The fourth-order valence-corrected chi connectivity index (χ4v) is 2.73. The van der Waals surface area contributed by atoms with E-state index >= 15 is 0 Å². The summed E-state index contributed by atoms with van der Waals surface area (Å²) in [4.78, 5) is 5.84. The molecule has 1 aromatic heterocycles. The molecule has 2 rings (SSSR count). The lowest BCUT2D eigenvalue weighted by molar-refractivity contribution is 0.807. The molecule has 0 aliphatic carbocycles. The van der Waals surface area contributed by atoms with Crippen LogP contribution in [0.5, 0.6) is 0 Å². The van der Waals surface area contributed by atoms with Crippen LogP contribution in [0.2, 0.25) is 0 Å². The van der Waals surface area contributed by atoms with Crippen LogP contribution in [0.25, 0.3) is 10.4 Å². The van der Waals surface area contributed by atoms with Crippen LogP contribution in [-0.4, -0.2) is 12.0 Å². The summed E-state index contributed by atoms with van der Waals surface area (Å²) in [6.45, 7) is 5.03. The van der Waals surface area contributed by atoms with E-state index in [1.807, 2.05) is 7.05 Å². The van der Waals surface area contributed by atoms with Crippen LogP contribution in [0.4, 0.5) is 0 Å². The maximum Gasteiger partial charge on any atom is 0.107 e. The third kappa shape index (κ3) is 2.31. The molecule has 1 heterocycles. The van der Waals surface area contributed by atoms with E-state index < -0.39 is 0 Å². The first-order chi connectivity index (χ1) is 7.70. The number of nitrogens with zero attached hydrogens (tertiary/aromatic N) is 1. The third-order valence-electron chi connectivity index (χ3n) is 2.48. The maximum atomic E-state index is 4.56. The maximum absolute atomic E-state index is 4.56. The van der Waals surface area contributed by atoms with Gasteiger partial charge >= 0.3 is 0 Å². The Balaban J connectivity index is 2.36. The monoisotopic (exact) mass is 232 g/mol. The lowest BCUT2D eigenvalue weighted by Crippen LogP contribution is -2.04. The molecule has 16 heavy (non-hydrogen) atoms. The number of thiazole rings is 1. The molecular formula is C13H16N2S. The molecule has 0 unspecified atom stereocenters. The van der Waals surface area contributed by atoms with Gasteiger partial charge in [-0.25, -0.2) is 4.98 Å². The van der Waals surface area contributed by atoms with E-state index in [2.05, 4.69) is 48.4 Å². The second-order valence-corrected chi connectivity index (χ2v) is 5.00. The topological polar surface area (TPSA) is 24.9 Å². The highest BCUT2D eigenvalue weighted by molar-refractivity contribution is 7.15. The van der Waals surface area contributed by atoms with E-state index in [-0.39, 0.29) is 0 Å². The van der Waals surface area contributed by atoms with E-state index in [9.17, 15) is 0 Å². The van der Waals surface area contributed by atoms with Crippen molar-refractivity contribution in [3.8, 4) is 10.4 Å². The van der Waals surface area contributed by atoms with Crippen molar-refractivity contribution in [2.24, 2.45) is 0 Å². The Morgan fingerprint density at radius 1 is 1.19 bits per heavy atom. The van der Waals surface area contributed by atoms with Crippen LogP contribution in [0.15, 0.2) is 24.3 Å². The van der Waals surface area contributed by atoms with Crippen molar-refractivity contribution in [1.29, 1.82) is 0 Å². The van der Waals surface area contributed by atoms with Crippen LogP contribution in [0, 0.1) is 13.8 Å². The second-order valence-electron chi connectivity index (χ2n) is 3.92. The summed E-state index contributed by atoms with van der Waals surface area (Å²) in [7, 11) is 1.95. The fraction of sp³-hybridized carbons (Fsp3) is 0.308. The normalized spacial score (nSPS) is 10.7. The fourth-order valence-electron chi connectivity index (χ4n) is 1.65. The zero-order chi connectivity index (χ0) is 11.5. The molecule has 0 aliphatic rings. The molecule has 0 bridgehead atoms. The summed E-state index contributed by atoms with van der Waals surface area (Å²) in [5, 5.41) is 4.28. The van der Waals surface area contributed by atoms with Crippen molar-refractivity contribution in [2.45, 2.75) is 20.4 Å².